The number of para-hydroxylation sites is 1. The Hall–Kier alpha value is -3.32. The lowest BCUT2D eigenvalue weighted by Crippen LogP contribution is -2.17. The summed E-state index contributed by atoms with van der Waals surface area (Å²) in [5.74, 6) is -2.00. The van der Waals surface area contributed by atoms with Crippen molar-refractivity contribution in [1.82, 2.24) is 0 Å². The summed E-state index contributed by atoms with van der Waals surface area (Å²) in [6, 6.07) is 11.1. The Kier molecular flexibility index (Phi) is 6.35. The highest BCUT2D eigenvalue weighted by Crippen LogP contribution is 2.28. The van der Waals surface area contributed by atoms with Crippen LogP contribution in [0.4, 0.5) is 11.4 Å². The molecule has 2 amide bonds. The van der Waals surface area contributed by atoms with Gasteiger partial charge in [0.15, 0.2) is 0 Å². The number of hydrogen-bond donors (Lipinski definition) is 3. The van der Waals surface area contributed by atoms with E-state index >= 15 is 0 Å². The van der Waals surface area contributed by atoms with Gasteiger partial charge in [-0.15, -0.1) is 0 Å². The molecule has 26 heavy (non-hydrogen) atoms. The predicted molar refractivity (Wildman–Crippen MR) is 97.8 cm³/mol. The molecule has 0 radical (unpaired) electrons. The SMILES string of the molecule is COc1ccc(Cl)cc1NC(=O)c1ccccc1NC(=O)/C=C\C(=O)O. The number of aliphatic carboxylic acids is 1. The van der Waals surface area contributed by atoms with Gasteiger partial charge in [0.2, 0.25) is 5.91 Å². The van der Waals surface area contributed by atoms with Crippen molar-refractivity contribution in [1.29, 1.82) is 0 Å². The summed E-state index contributed by atoms with van der Waals surface area (Å²) in [5, 5.41) is 14.1. The Labute approximate surface area is 154 Å². The molecular formula is C18H15ClN2O5. The Bertz CT molecular complexity index is 880. The van der Waals surface area contributed by atoms with Gasteiger partial charge in [-0.1, -0.05) is 23.7 Å². The fraction of sp³-hybridized carbons (Fsp3) is 0.0556. The molecule has 0 saturated heterocycles. The highest BCUT2D eigenvalue weighted by Gasteiger charge is 2.15. The van der Waals surface area contributed by atoms with Gasteiger partial charge in [-0.25, -0.2) is 4.79 Å². The number of halogens is 1. The number of carboxylic acid groups (broad SMARTS) is 1. The lowest BCUT2D eigenvalue weighted by Gasteiger charge is -2.13. The number of anilines is 2. The number of amides is 2. The molecule has 2 rings (SSSR count). The topological polar surface area (TPSA) is 105 Å². The van der Waals surface area contributed by atoms with Crippen LogP contribution in [0.1, 0.15) is 10.4 Å². The third-order valence-electron chi connectivity index (χ3n) is 3.22. The molecule has 3 N–H and O–H groups in total. The molecule has 7 nitrogen and oxygen atoms in total. The van der Waals surface area contributed by atoms with Crippen molar-refractivity contribution in [3.8, 4) is 5.75 Å². The Balaban J connectivity index is 2.24. The minimum absolute atomic E-state index is 0.187. The maximum atomic E-state index is 12.6. The largest absolute Gasteiger partial charge is 0.495 e. The first-order valence-corrected chi connectivity index (χ1v) is 7.74. The Morgan fingerprint density at radius 3 is 2.46 bits per heavy atom. The number of benzene rings is 2. The van der Waals surface area contributed by atoms with E-state index < -0.39 is 17.8 Å². The van der Waals surface area contributed by atoms with Crippen LogP contribution in [0.5, 0.6) is 5.75 Å². The average molecular weight is 375 g/mol. The van der Waals surface area contributed by atoms with Gasteiger partial charge in [0.25, 0.3) is 5.91 Å². The number of rotatable bonds is 6. The number of carboxylic acids is 1. The molecule has 0 aliphatic carbocycles. The normalized spacial score (nSPS) is 10.4. The van der Waals surface area contributed by atoms with E-state index in [4.69, 9.17) is 21.4 Å². The van der Waals surface area contributed by atoms with E-state index in [0.717, 1.165) is 6.08 Å². The van der Waals surface area contributed by atoms with Gasteiger partial charge in [0, 0.05) is 17.2 Å². The standard InChI is InChI=1S/C18H15ClN2O5/c1-26-15-7-6-11(19)10-14(15)21-18(25)12-4-2-3-5-13(12)20-16(22)8-9-17(23)24/h2-10H,1H3,(H,20,22)(H,21,25)(H,23,24)/b9-8-. The van der Waals surface area contributed by atoms with E-state index in [2.05, 4.69) is 10.6 Å². The summed E-state index contributed by atoms with van der Waals surface area (Å²) in [6.07, 6.45) is 1.56. The van der Waals surface area contributed by atoms with Gasteiger partial charge >= 0.3 is 5.97 Å². The number of carbonyl (C=O) groups is 3. The summed E-state index contributed by atoms with van der Waals surface area (Å²) >= 11 is 5.94. The van der Waals surface area contributed by atoms with Crippen molar-refractivity contribution in [2.45, 2.75) is 0 Å². The molecule has 0 heterocycles. The van der Waals surface area contributed by atoms with Crippen molar-refractivity contribution in [3.63, 3.8) is 0 Å². The maximum absolute atomic E-state index is 12.6. The third kappa shape index (κ3) is 5.09. The van der Waals surface area contributed by atoms with Crippen LogP contribution >= 0.6 is 11.6 Å². The van der Waals surface area contributed by atoms with E-state index in [9.17, 15) is 14.4 Å². The molecule has 0 bridgehead atoms. The predicted octanol–water partition coefficient (Wildman–Crippen LogP) is 3.18. The lowest BCUT2D eigenvalue weighted by atomic mass is 10.1. The molecule has 134 valence electrons. The zero-order valence-electron chi connectivity index (χ0n) is 13.7. The Morgan fingerprint density at radius 1 is 1.04 bits per heavy atom. The molecule has 0 aliphatic rings. The van der Waals surface area contributed by atoms with Gasteiger partial charge in [-0.05, 0) is 30.3 Å². The smallest absolute Gasteiger partial charge is 0.328 e. The van der Waals surface area contributed by atoms with E-state index in [1.165, 1.54) is 25.3 Å². The monoisotopic (exact) mass is 374 g/mol. The first-order valence-electron chi connectivity index (χ1n) is 7.36. The molecule has 2 aromatic carbocycles. The van der Waals surface area contributed by atoms with Crippen molar-refractivity contribution in [3.05, 3.63) is 65.2 Å². The molecule has 8 heteroatoms. The summed E-state index contributed by atoms with van der Waals surface area (Å²) < 4.78 is 5.18. The second-order valence-corrected chi connectivity index (χ2v) is 5.44. The Morgan fingerprint density at radius 2 is 1.77 bits per heavy atom. The first-order chi connectivity index (χ1) is 12.4. The van der Waals surface area contributed by atoms with Crippen molar-refractivity contribution >= 4 is 40.8 Å². The summed E-state index contributed by atoms with van der Waals surface area (Å²) in [7, 11) is 1.46. The number of ether oxygens (including phenoxy) is 1. The lowest BCUT2D eigenvalue weighted by molar-refractivity contribution is -0.131. The molecule has 0 aliphatic heterocycles. The average Bonchev–Trinajstić information content (AvgIpc) is 2.60. The minimum Gasteiger partial charge on any atom is -0.495 e. The van der Waals surface area contributed by atoms with E-state index in [1.807, 2.05) is 0 Å². The van der Waals surface area contributed by atoms with Crippen LogP contribution in [0, 0.1) is 0 Å². The molecule has 0 atom stereocenters. The molecule has 0 aromatic heterocycles. The van der Waals surface area contributed by atoms with Crippen LogP contribution in [0.2, 0.25) is 5.02 Å². The quantitative estimate of drug-likeness (QED) is 0.673. The molecule has 0 fully saturated rings. The van der Waals surface area contributed by atoms with Crippen molar-refractivity contribution in [2.75, 3.05) is 17.7 Å². The fourth-order valence-corrected chi connectivity index (χ4v) is 2.25. The number of carbonyl (C=O) groups excluding carboxylic acids is 2. The van der Waals surface area contributed by atoms with Gasteiger partial charge in [-0.2, -0.15) is 0 Å². The van der Waals surface area contributed by atoms with Crippen molar-refractivity contribution < 1.29 is 24.2 Å². The zero-order valence-corrected chi connectivity index (χ0v) is 14.4. The fourth-order valence-electron chi connectivity index (χ4n) is 2.08. The highest BCUT2D eigenvalue weighted by atomic mass is 35.5. The first kappa shape index (κ1) is 19.0. The summed E-state index contributed by atoms with van der Waals surface area (Å²) in [6.45, 7) is 0. The summed E-state index contributed by atoms with van der Waals surface area (Å²) in [4.78, 5) is 34.8. The van der Waals surface area contributed by atoms with Crippen LogP contribution in [0.25, 0.3) is 0 Å². The van der Waals surface area contributed by atoms with Gasteiger partial charge in [0.1, 0.15) is 5.75 Å². The van der Waals surface area contributed by atoms with Gasteiger partial charge < -0.3 is 20.5 Å². The second kappa shape index (κ2) is 8.68. The van der Waals surface area contributed by atoms with Crippen molar-refractivity contribution in [2.24, 2.45) is 0 Å². The molecule has 0 saturated carbocycles. The number of nitrogens with one attached hydrogen (secondary N) is 2. The number of hydrogen-bond acceptors (Lipinski definition) is 4. The van der Waals surface area contributed by atoms with E-state index in [1.54, 1.807) is 24.3 Å². The van der Waals surface area contributed by atoms with Crippen LogP contribution < -0.4 is 15.4 Å². The van der Waals surface area contributed by atoms with E-state index in [-0.39, 0.29) is 11.3 Å². The highest BCUT2D eigenvalue weighted by molar-refractivity contribution is 6.31. The molecule has 2 aromatic rings. The zero-order chi connectivity index (χ0) is 19.1. The maximum Gasteiger partial charge on any atom is 0.328 e. The summed E-state index contributed by atoms with van der Waals surface area (Å²) in [5.41, 5.74) is 0.787. The van der Waals surface area contributed by atoms with E-state index in [0.29, 0.717) is 22.5 Å². The molecule has 0 spiro atoms. The van der Waals surface area contributed by atoms with Crippen LogP contribution in [-0.2, 0) is 9.59 Å². The number of methoxy groups -OCH3 is 1. The molecular weight excluding hydrogens is 360 g/mol. The van der Waals surface area contributed by atoms with Crippen LogP contribution in [0.3, 0.4) is 0 Å². The molecule has 0 unspecified atom stereocenters. The van der Waals surface area contributed by atoms with Gasteiger partial charge in [-0.3, -0.25) is 9.59 Å². The second-order valence-electron chi connectivity index (χ2n) is 5.01. The van der Waals surface area contributed by atoms with Crippen LogP contribution in [0.15, 0.2) is 54.6 Å². The van der Waals surface area contributed by atoms with Gasteiger partial charge in [0.05, 0.1) is 24.0 Å². The van der Waals surface area contributed by atoms with Crippen LogP contribution in [-0.4, -0.2) is 30.0 Å². The third-order valence-corrected chi connectivity index (χ3v) is 3.45. The minimum atomic E-state index is -1.25.